The van der Waals surface area contributed by atoms with Gasteiger partial charge in [-0.25, -0.2) is 8.42 Å². The number of anilines is 1. The lowest BCUT2D eigenvalue weighted by Gasteiger charge is -2.16. The summed E-state index contributed by atoms with van der Waals surface area (Å²) in [4.78, 5) is 11.8. The van der Waals surface area contributed by atoms with Crippen LogP contribution in [0.4, 0.5) is 5.69 Å². The zero-order valence-electron chi connectivity index (χ0n) is 11.8. The Morgan fingerprint density at radius 2 is 2.05 bits per heavy atom. The zero-order valence-corrected chi connectivity index (χ0v) is 12.6. The Morgan fingerprint density at radius 1 is 1.40 bits per heavy atom. The quantitative estimate of drug-likeness (QED) is 0.899. The van der Waals surface area contributed by atoms with Gasteiger partial charge in [0.1, 0.15) is 11.5 Å². The minimum Gasteiger partial charge on any atom is -0.325 e. The van der Waals surface area contributed by atoms with E-state index in [1.165, 1.54) is 0 Å². The van der Waals surface area contributed by atoms with Crippen LogP contribution in [-0.4, -0.2) is 25.8 Å². The molecule has 1 amide bonds. The maximum absolute atomic E-state index is 11.8. The maximum atomic E-state index is 11.8. The van der Waals surface area contributed by atoms with Gasteiger partial charge in [-0.3, -0.25) is 4.79 Å². The highest BCUT2D eigenvalue weighted by molar-refractivity contribution is 7.92. The molecule has 0 saturated carbocycles. The molecule has 6 heteroatoms. The molecule has 108 valence electrons. The third-order valence-electron chi connectivity index (χ3n) is 2.83. The van der Waals surface area contributed by atoms with Crippen molar-refractivity contribution < 1.29 is 13.2 Å². The van der Waals surface area contributed by atoms with E-state index in [4.69, 9.17) is 5.26 Å². The van der Waals surface area contributed by atoms with E-state index in [-0.39, 0.29) is 5.92 Å². The van der Waals surface area contributed by atoms with Crippen molar-refractivity contribution in [3.05, 3.63) is 29.3 Å². The van der Waals surface area contributed by atoms with E-state index >= 15 is 0 Å². The first kappa shape index (κ1) is 16.2. The lowest BCUT2D eigenvalue weighted by Crippen LogP contribution is -2.25. The summed E-state index contributed by atoms with van der Waals surface area (Å²) in [6.45, 7) is 5.85. The SMILES string of the molecule is Cc1cccc(C(C)C)c1NC(=O)CS(=O)(=O)CC#N. The Kier molecular flexibility index (Phi) is 5.28. The molecule has 0 saturated heterocycles. The summed E-state index contributed by atoms with van der Waals surface area (Å²) in [5, 5.41) is 11.1. The van der Waals surface area contributed by atoms with Crippen LogP contribution >= 0.6 is 0 Å². The molecule has 0 fully saturated rings. The number of carbonyl (C=O) groups excluding carboxylic acids is 1. The number of nitriles is 1. The second-order valence-electron chi connectivity index (χ2n) is 4.93. The highest BCUT2D eigenvalue weighted by atomic mass is 32.2. The van der Waals surface area contributed by atoms with E-state index in [0.717, 1.165) is 11.1 Å². The van der Waals surface area contributed by atoms with Crippen molar-refractivity contribution in [2.45, 2.75) is 26.7 Å². The van der Waals surface area contributed by atoms with Gasteiger partial charge in [-0.1, -0.05) is 32.0 Å². The molecule has 1 aromatic rings. The highest BCUT2D eigenvalue weighted by Gasteiger charge is 2.18. The monoisotopic (exact) mass is 294 g/mol. The molecule has 0 heterocycles. The Morgan fingerprint density at radius 3 is 2.60 bits per heavy atom. The predicted molar refractivity (Wildman–Crippen MR) is 78.2 cm³/mol. The smallest absolute Gasteiger partial charge is 0.239 e. The number of carbonyl (C=O) groups is 1. The average Bonchev–Trinajstić information content (AvgIpc) is 2.30. The van der Waals surface area contributed by atoms with E-state index in [2.05, 4.69) is 5.32 Å². The van der Waals surface area contributed by atoms with Crippen molar-refractivity contribution in [1.29, 1.82) is 5.26 Å². The van der Waals surface area contributed by atoms with Crippen molar-refractivity contribution in [3.8, 4) is 6.07 Å². The zero-order chi connectivity index (χ0) is 15.3. The minimum absolute atomic E-state index is 0.209. The number of nitrogens with zero attached hydrogens (tertiary/aromatic N) is 1. The first-order valence-corrected chi connectivity index (χ1v) is 8.05. The molecule has 0 aliphatic rings. The van der Waals surface area contributed by atoms with Crippen LogP contribution in [-0.2, 0) is 14.6 Å². The standard InChI is InChI=1S/C14H18N2O3S/c1-10(2)12-6-4-5-11(3)14(12)16-13(17)9-20(18,19)8-7-15/h4-6,10H,8-9H2,1-3H3,(H,16,17). The van der Waals surface area contributed by atoms with Crippen LogP contribution in [0.1, 0.15) is 30.9 Å². The van der Waals surface area contributed by atoms with Gasteiger partial charge in [0.15, 0.2) is 9.84 Å². The first-order valence-electron chi connectivity index (χ1n) is 6.23. The molecule has 1 N–H and O–H groups in total. The van der Waals surface area contributed by atoms with Crippen molar-refractivity contribution in [1.82, 2.24) is 0 Å². The lowest BCUT2D eigenvalue weighted by molar-refractivity contribution is -0.113. The molecule has 0 aromatic heterocycles. The van der Waals surface area contributed by atoms with Gasteiger partial charge in [-0.15, -0.1) is 0 Å². The summed E-state index contributed by atoms with van der Waals surface area (Å²) in [6, 6.07) is 7.20. The van der Waals surface area contributed by atoms with Crippen LogP contribution in [0.25, 0.3) is 0 Å². The third-order valence-corrected chi connectivity index (χ3v) is 4.10. The number of aryl methyl sites for hydroxylation is 1. The van der Waals surface area contributed by atoms with Gasteiger partial charge in [0.2, 0.25) is 5.91 Å². The number of para-hydroxylation sites is 1. The molecular weight excluding hydrogens is 276 g/mol. The van der Waals surface area contributed by atoms with Gasteiger partial charge in [0, 0.05) is 5.69 Å². The number of amides is 1. The normalized spacial score (nSPS) is 11.2. The summed E-state index contributed by atoms with van der Waals surface area (Å²) < 4.78 is 22.9. The number of rotatable bonds is 5. The fourth-order valence-corrected chi connectivity index (χ4v) is 2.64. The summed E-state index contributed by atoms with van der Waals surface area (Å²) in [5.74, 6) is -1.73. The van der Waals surface area contributed by atoms with Gasteiger partial charge >= 0.3 is 0 Å². The second-order valence-corrected chi connectivity index (χ2v) is 7.00. The van der Waals surface area contributed by atoms with Crippen LogP contribution < -0.4 is 5.32 Å². The van der Waals surface area contributed by atoms with Gasteiger partial charge in [-0.2, -0.15) is 5.26 Å². The largest absolute Gasteiger partial charge is 0.325 e. The second kappa shape index (κ2) is 6.53. The fourth-order valence-electron chi connectivity index (χ4n) is 1.87. The number of nitrogens with one attached hydrogen (secondary N) is 1. The molecule has 1 rings (SSSR count). The first-order chi connectivity index (χ1) is 9.26. The molecule has 0 bridgehead atoms. The van der Waals surface area contributed by atoms with E-state index in [1.54, 1.807) is 6.07 Å². The molecule has 0 unspecified atom stereocenters. The Hall–Kier alpha value is -1.87. The molecule has 0 spiro atoms. The molecule has 0 aliphatic heterocycles. The van der Waals surface area contributed by atoms with E-state index < -0.39 is 27.3 Å². The highest BCUT2D eigenvalue weighted by Crippen LogP contribution is 2.27. The van der Waals surface area contributed by atoms with Gasteiger partial charge in [-0.05, 0) is 24.0 Å². The molecule has 20 heavy (non-hydrogen) atoms. The Labute approximate surface area is 119 Å². The molecule has 0 aliphatic carbocycles. The minimum atomic E-state index is -3.67. The van der Waals surface area contributed by atoms with Crippen molar-refractivity contribution in [2.24, 2.45) is 0 Å². The molecular formula is C14H18N2O3S. The molecule has 0 atom stereocenters. The van der Waals surface area contributed by atoms with Crippen LogP contribution in [0.5, 0.6) is 0 Å². The van der Waals surface area contributed by atoms with Gasteiger partial charge in [0.05, 0.1) is 6.07 Å². The molecule has 5 nitrogen and oxygen atoms in total. The van der Waals surface area contributed by atoms with Crippen molar-refractivity contribution >= 4 is 21.4 Å². The lowest BCUT2D eigenvalue weighted by atomic mass is 9.98. The fraction of sp³-hybridized carbons (Fsp3) is 0.429. The Balaban J connectivity index is 2.95. The number of hydrogen-bond acceptors (Lipinski definition) is 4. The summed E-state index contributed by atoms with van der Waals surface area (Å²) in [7, 11) is -3.67. The molecule has 0 radical (unpaired) electrons. The summed E-state index contributed by atoms with van der Waals surface area (Å²) in [6.07, 6.45) is 0. The van der Waals surface area contributed by atoms with Gasteiger partial charge in [0.25, 0.3) is 0 Å². The van der Waals surface area contributed by atoms with Crippen molar-refractivity contribution in [2.75, 3.05) is 16.8 Å². The summed E-state index contributed by atoms with van der Waals surface area (Å²) in [5.41, 5.74) is 2.48. The third kappa shape index (κ3) is 4.35. The number of hydrogen-bond donors (Lipinski definition) is 1. The average molecular weight is 294 g/mol. The Bertz CT molecular complexity index is 643. The number of sulfone groups is 1. The van der Waals surface area contributed by atoms with Gasteiger partial charge < -0.3 is 5.32 Å². The summed E-state index contributed by atoms with van der Waals surface area (Å²) >= 11 is 0. The molecule has 1 aromatic carbocycles. The van der Waals surface area contributed by atoms with Crippen LogP contribution in [0, 0.1) is 18.3 Å². The van der Waals surface area contributed by atoms with E-state index in [9.17, 15) is 13.2 Å². The van der Waals surface area contributed by atoms with Crippen LogP contribution in [0.2, 0.25) is 0 Å². The van der Waals surface area contributed by atoms with Crippen LogP contribution in [0.15, 0.2) is 18.2 Å². The van der Waals surface area contributed by atoms with E-state index in [1.807, 2.05) is 39.0 Å². The number of benzene rings is 1. The van der Waals surface area contributed by atoms with E-state index in [0.29, 0.717) is 5.69 Å². The topological polar surface area (TPSA) is 87.0 Å². The van der Waals surface area contributed by atoms with Crippen LogP contribution in [0.3, 0.4) is 0 Å². The van der Waals surface area contributed by atoms with Crippen molar-refractivity contribution in [3.63, 3.8) is 0 Å². The maximum Gasteiger partial charge on any atom is 0.239 e. The predicted octanol–water partition coefficient (Wildman–Crippen LogP) is 2.00.